The Morgan fingerprint density at radius 1 is 1.35 bits per heavy atom. The van der Waals surface area contributed by atoms with E-state index in [9.17, 15) is 12.8 Å². The number of aryl methyl sites for hydroxylation is 1. The van der Waals surface area contributed by atoms with Gasteiger partial charge in [0.25, 0.3) is 0 Å². The predicted molar refractivity (Wildman–Crippen MR) is 78.7 cm³/mol. The summed E-state index contributed by atoms with van der Waals surface area (Å²) >= 11 is 0. The second kappa shape index (κ2) is 5.82. The molecular weight excluding hydrogens is 277 g/mol. The minimum atomic E-state index is -3.04. The van der Waals surface area contributed by atoms with Gasteiger partial charge in [-0.1, -0.05) is 24.1 Å². The predicted octanol–water partition coefficient (Wildman–Crippen LogP) is 2.74. The molecule has 3 atom stereocenters. The largest absolute Gasteiger partial charge is 0.324 e. The standard InChI is InChI=1S/C15H22FNO2S/c1-10-6-7-14(16)13(8-10)15(17)11-4-3-5-12(9-11)20(2,18)19/h6-8,11-12,15H,3-5,9,17H2,1-2H3. The van der Waals surface area contributed by atoms with E-state index in [-0.39, 0.29) is 17.0 Å². The zero-order valence-corrected chi connectivity index (χ0v) is 12.8. The summed E-state index contributed by atoms with van der Waals surface area (Å²) in [6.07, 6.45) is 4.20. The lowest BCUT2D eigenvalue weighted by molar-refractivity contribution is 0.304. The molecule has 1 aromatic carbocycles. The summed E-state index contributed by atoms with van der Waals surface area (Å²) in [6, 6.07) is 4.48. The van der Waals surface area contributed by atoms with Crippen molar-refractivity contribution in [3.63, 3.8) is 0 Å². The van der Waals surface area contributed by atoms with E-state index in [0.717, 1.165) is 18.4 Å². The maximum atomic E-state index is 13.9. The van der Waals surface area contributed by atoms with Crippen molar-refractivity contribution in [3.05, 3.63) is 35.1 Å². The molecule has 1 saturated carbocycles. The number of halogens is 1. The van der Waals surface area contributed by atoms with Crippen molar-refractivity contribution in [3.8, 4) is 0 Å². The minimum absolute atomic E-state index is 0.0276. The zero-order valence-electron chi connectivity index (χ0n) is 12.0. The zero-order chi connectivity index (χ0) is 14.9. The van der Waals surface area contributed by atoms with E-state index in [2.05, 4.69) is 0 Å². The molecule has 0 heterocycles. The summed E-state index contributed by atoms with van der Waals surface area (Å²) in [5.41, 5.74) is 7.68. The van der Waals surface area contributed by atoms with Gasteiger partial charge in [-0.25, -0.2) is 12.8 Å². The molecule has 5 heteroatoms. The SMILES string of the molecule is Cc1ccc(F)c(C(N)C2CCCC(S(C)(=O)=O)C2)c1. The molecule has 1 aliphatic carbocycles. The Bertz CT molecular complexity index is 586. The summed E-state index contributed by atoms with van der Waals surface area (Å²) in [4.78, 5) is 0. The third-order valence-corrected chi connectivity index (χ3v) is 5.93. The van der Waals surface area contributed by atoms with Gasteiger partial charge in [0.1, 0.15) is 15.7 Å². The molecule has 1 aliphatic rings. The number of rotatable bonds is 3. The first-order valence-electron chi connectivity index (χ1n) is 6.99. The fourth-order valence-corrected chi connectivity index (χ4v) is 4.26. The van der Waals surface area contributed by atoms with Crippen molar-refractivity contribution in [1.29, 1.82) is 0 Å². The van der Waals surface area contributed by atoms with Gasteiger partial charge in [0, 0.05) is 17.9 Å². The molecule has 0 spiro atoms. The van der Waals surface area contributed by atoms with Crippen molar-refractivity contribution >= 4 is 9.84 Å². The molecule has 0 radical (unpaired) electrons. The summed E-state index contributed by atoms with van der Waals surface area (Å²) in [5, 5.41) is -0.333. The highest BCUT2D eigenvalue weighted by Crippen LogP contribution is 2.36. The summed E-state index contributed by atoms with van der Waals surface area (Å²) < 4.78 is 37.3. The Balaban J connectivity index is 2.20. The quantitative estimate of drug-likeness (QED) is 0.933. The van der Waals surface area contributed by atoms with Crippen LogP contribution in [-0.2, 0) is 9.84 Å². The van der Waals surface area contributed by atoms with Gasteiger partial charge in [0.2, 0.25) is 0 Å². The lowest BCUT2D eigenvalue weighted by atomic mass is 9.81. The van der Waals surface area contributed by atoms with Crippen LogP contribution in [0.2, 0.25) is 0 Å². The maximum absolute atomic E-state index is 13.9. The molecule has 1 aromatic rings. The van der Waals surface area contributed by atoms with Gasteiger partial charge in [-0.3, -0.25) is 0 Å². The van der Waals surface area contributed by atoms with Crippen LogP contribution in [0.25, 0.3) is 0 Å². The van der Waals surface area contributed by atoms with E-state index in [0.29, 0.717) is 18.4 Å². The number of nitrogens with two attached hydrogens (primary N) is 1. The topological polar surface area (TPSA) is 60.2 Å². The maximum Gasteiger partial charge on any atom is 0.150 e. The number of sulfone groups is 1. The van der Waals surface area contributed by atoms with Gasteiger partial charge in [0.05, 0.1) is 5.25 Å². The van der Waals surface area contributed by atoms with Crippen molar-refractivity contribution in [2.24, 2.45) is 11.7 Å². The van der Waals surface area contributed by atoms with E-state index >= 15 is 0 Å². The Hall–Kier alpha value is -0.940. The van der Waals surface area contributed by atoms with E-state index in [1.807, 2.05) is 6.92 Å². The highest BCUT2D eigenvalue weighted by molar-refractivity contribution is 7.91. The molecule has 0 aromatic heterocycles. The summed E-state index contributed by atoms with van der Waals surface area (Å²) in [7, 11) is -3.04. The molecule has 3 unspecified atom stereocenters. The second-order valence-electron chi connectivity index (χ2n) is 5.93. The molecule has 0 amide bonds. The smallest absolute Gasteiger partial charge is 0.150 e. The second-order valence-corrected chi connectivity index (χ2v) is 8.25. The first-order valence-corrected chi connectivity index (χ1v) is 8.95. The Kier molecular flexibility index (Phi) is 4.49. The monoisotopic (exact) mass is 299 g/mol. The van der Waals surface area contributed by atoms with E-state index < -0.39 is 15.9 Å². The fourth-order valence-electron chi connectivity index (χ4n) is 3.07. The van der Waals surface area contributed by atoms with Crippen LogP contribution in [0.5, 0.6) is 0 Å². The average Bonchev–Trinajstić information content (AvgIpc) is 2.40. The number of hydrogen-bond donors (Lipinski definition) is 1. The van der Waals surface area contributed by atoms with Crippen molar-refractivity contribution < 1.29 is 12.8 Å². The lowest BCUT2D eigenvalue weighted by Crippen LogP contribution is -2.33. The van der Waals surface area contributed by atoms with E-state index in [4.69, 9.17) is 5.73 Å². The van der Waals surface area contributed by atoms with Crippen LogP contribution in [0, 0.1) is 18.7 Å². The Morgan fingerprint density at radius 3 is 2.70 bits per heavy atom. The van der Waals surface area contributed by atoms with Crippen LogP contribution >= 0.6 is 0 Å². The van der Waals surface area contributed by atoms with Gasteiger partial charge in [-0.2, -0.15) is 0 Å². The van der Waals surface area contributed by atoms with Gasteiger partial charge >= 0.3 is 0 Å². The van der Waals surface area contributed by atoms with Crippen molar-refractivity contribution in [2.75, 3.05) is 6.26 Å². The molecule has 112 valence electrons. The molecule has 3 nitrogen and oxygen atoms in total. The molecule has 2 rings (SSSR count). The number of hydrogen-bond acceptors (Lipinski definition) is 3. The molecule has 0 saturated heterocycles. The summed E-state index contributed by atoms with van der Waals surface area (Å²) in [5.74, 6) is -0.274. The van der Waals surface area contributed by atoms with Crippen LogP contribution in [0.3, 0.4) is 0 Å². The Labute approximate surface area is 120 Å². The van der Waals surface area contributed by atoms with Crippen molar-refractivity contribution in [1.82, 2.24) is 0 Å². The highest BCUT2D eigenvalue weighted by atomic mass is 32.2. The van der Waals surface area contributed by atoms with Crippen LogP contribution in [0.1, 0.15) is 42.9 Å². The summed E-state index contributed by atoms with van der Waals surface area (Å²) in [6.45, 7) is 1.90. The van der Waals surface area contributed by atoms with Crippen LogP contribution < -0.4 is 5.73 Å². The Morgan fingerprint density at radius 2 is 2.05 bits per heavy atom. The van der Waals surface area contributed by atoms with Gasteiger partial charge < -0.3 is 5.73 Å². The number of benzene rings is 1. The lowest BCUT2D eigenvalue weighted by Gasteiger charge is -2.32. The van der Waals surface area contributed by atoms with E-state index in [1.54, 1.807) is 12.1 Å². The third kappa shape index (κ3) is 3.38. The molecule has 20 heavy (non-hydrogen) atoms. The van der Waals surface area contributed by atoms with Gasteiger partial charge in [0.15, 0.2) is 0 Å². The van der Waals surface area contributed by atoms with Crippen molar-refractivity contribution in [2.45, 2.75) is 43.9 Å². The average molecular weight is 299 g/mol. The first-order chi connectivity index (χ1) is 9.29. The van der Waals surface area contributed by atoms with Crippen LogP contribution in [0.15, 0.2) is 18.2 Å². The molecular formula is C15H22FNO2S. The molecule has 0 aliphatic heterocycles. The van der Waals surface area contributed by atoms with E-state index in [1.165, 1.54) is 12.3 Å². The normalized spacial score (nSPS) is 25.4. The minimum Gasteiger partial charge on any atom is -0.324 e. The fraction of sp³-hybridized carbons (Fsp3) is 0.600. The molecule has 0 bridgehead atoms. The van der Waals surface area contributed by atoms with Gasteiger partial charge in [-0.05, 0) is 38.2 Å². The molecule has 2 N–H and O–H groups in total. The van der Waals surface area contributed by atoms with Crippen LogP contribution in [0.4, 0.5) is 4.39 Å². The first kappa shape index (κ1) is 15.4. The van der Waals surface area contributed by atoms with Crippen LogP contribution in [-0.4, -0.2) is 19.9 Å². The highest BCUT2D eigenvalue weighted by Gasteiger charge is 2.33. The van der Waals surface area contributed by atoms with Gasteiger partial charge in [-0.15, -0.1) is 0 Å². The molecule has 1 fully saturated rings. The third-order valence-electron chi connectivity index (χ3n) is 4.29.